The first-order chi connectivity index (χ1) is 9.24. The van der Waals surface area contributed by atoms with Gasteiger partial charge in [-0.05, 0) is 18.1 Å². The lowest BCUT2D eigenvalue weighted by Crippen LogP contribution is -2.30. The number of rotatable bonds is 2. The maximum absolute atomic E-state index is 10.5. The zero-order chi connectivity index (χ0) is 13.2. The molecular formula is C14H14N2O3. The van der Waals surface area contributed by atoms with Gasteiger partial charge in [-0.2, -0.15) is 0 Å². The highest BCUT2D eigenvalue weighted by Gasteiger charge is 2.17. The summed E-state index contributed by atoms with van der Waals surface area (Å²) in [5.74, 6) is 0. The number of para-hydroxylation sites is 1. The van der Waals surface area contributed by atoms with Gasteiger partial charge in [0.15, 0.2) is 0 Å². The van der Waals surface area contributed by atoms with Crippen molar-refractivity contribution in [3.05, 3.63) is 42.1 Å². The third-order valence-corrected chi connectivity index (χ3v) is 3.31. The van der Waals surface area contributed by atoms with Crippen LogP contribution in [0.1, 0.15) is 12.0 Å². The van der Waals surface area contributed by atoms with Crippen LogP contribution in [0.4, 0.5) is 4.79 Å². The van der Waals surface area contributed by atoms with Gasteiger partial charge in [0.25, 0.3) is 0 Å². The van der Waals surface area contributed by atoms with E-state index in [0.717, 1.165) is 11.9 Å². The Bertz CT molecular complexity index is 645. The molecular weight excluding hydrogens is 244 g/mol. The molecule has 1 aromatic carbocycles. The fourth-order valence-corrected chi connectivity index (χ4v) is 2.43. The molecule has 3 rings (SSSR count). The van der Waals surface area contributed by atoms with Gasteiger partial charge < -0.3 is 14.9 Å². The number of hydrogen-bond acceptors (Lipinski definition) is 3. The van der Waals surface area contributed by atoms with Crippen LogP contribution in [0.15, 0.2) is 36.5 Å². The first-order valence-corrected chi connectivity index (χ1v) is 6.15. The quantitative estimate of drug-likeness (QED) is 0.869. The Balaban J connectivity index is 1.84. The Kier molecular flexibility index (Phi) is 2.97. The van der Waals surface area contributed by atoms with E-state index in [4.69, 9.17) is 5.11 Å². The van der Waals surface area contributed by atoms with Gasteiger partial charge in [0.05, 0.1) is 6.54 Å². The Labute approximate surface area is 110 Å². The molecule has 0 atom stereocenters. The van der Waals surface area contributed by atoms with Crippen LogP contribution < -0.4 is 0 Å². The zero-order valence-electron chi connectivity index (χ0n) is 10.3. The largest absolute Gasteiger partial charge is 0.525 e. The monoisotopic (exact) mass is 258 g/mol. The van der Waals surface area contributed by atoms with Crippen molar-refractivity contribution in [3.8, 4) is 0 Å². The number of hydroxylamine groups is 2. The van der Waals surface area contributed by atoms with E-state index in [1.54, 1.807) is 0 Å². The van der Waals surface area contributed by atoms with E-state index in [1.807, 2.05) is 30.5 Å². The lowest BCUT2D eigenvalue weighted by molar-refractivity contribution is -0.112. The minimum absolute atomic E-state index is 0.487. The molecule has 1 aromatic heterocycles. The average Bonchev–Trinajstić information content (AvgIpc) is 2.83. The Morgan fingerprint density at radius 1 is 1.37 bits per heavy atom. The molecule has 5 nitrogen and oxygen atoms in total. The molecule has 0 unspecified atom stereocenters. The van der Waals surface area contributed by atoms with Gasteiger partial charge in [0.1, 0.15) is 0 Å². The lowest BCUT2D eigenvalue weighted by atomic mass is 10.00. The van der Waals surface area contributed by atoms with E-state index in [1.165, 1.54) is 21.6 Å². The molecule has 0 bridgehead atoms. The molecule has 2 aromatic rings. The smallest absolute Gasteiger partial charge is 0.448 e. The van der Waals surface area contributed by atoms with Crippen LogP contribution in [0.25, 0.3) is 16.5 Å². The molecule has 0 amide bonds. The molecule has 19 heavy (non-hydrogen) atoms. The van der Waals surface area contributed by atoms with E-state index in [9.17, 15) is 4.79 Å². The van der Waals surface area contributed by atoms with Crippen LogP contribution in [-0.2, 0) is 4.84 Å². The maximum Gasteiger partial charge on any atom is 0.525 e. The summed E-state index contributed by atoms with van der Waals surface area (Å²) in [5.41, 5.74) is 3.52. The molecule has 2 N–H and O–H groups in total. The standard InChI is InChI=1S/C14H14N2O3/c17-14(18)19-16-7-5-10(6-8-16)12-9-15-13-4-2-1-3-11(12)13/h1-5,9,15H,6-8H2,(H,17,18). The number of nitrogens with one attached hydrogen (secondary N) is 1. The topological polar surface area (TPSA) is 65.6 Å². The number of carboxylic acid groups (broad SMARTS) is 1. The highest BCUT2D eigenvalue weighted by molar-refractivity contribution is 5.92. The Morgan fingerprint density at radius 3 is 2.95 bits per heavy atom. The SMILES string of the molecule is O=C(O)ON1CC=C(c2c[nH]c3ccccc23)CC1. The van der Waals surface area contributed by atoms with Crippen molar-refractivity contribution < 1.29 is 14.7 Å². The number of nitrogens with zero attached hydrogens (tertiary/aromatic N) is 1. The first kappa shape index (κ1) is 11.8. The van der Waals surface area contributed by atoms with Crippen LogP contribution >= 0.6 is 0 Å². The molecule has 2 heterocycles. The van der Waals surface area contributed by atoms with E-state index >= 15 is 0 Å². The van der Waals surface area contributed by atoms with Crippen LogP contribution in [-0.4, -0.2) is 34.4 Å². The van der Waals surface area contributed by atoms with Gasteiger partial charge in [-0.3, -0.25) is 0 Å². The van der Waals surface area contributed by atoms with E-state index < -0.39 is 6.16 Å². The number of carbonyl (C=O) groups is 1. The van der Waals surface area contributed by atoms with E-state index in [0.29, 0.717) is 13.1 Å². The molecule has 0 saturated carbocycles. The summed E-state index contributed by atoms with van der Waals surface area (Å²) in [6.07, 6.45) is 3.53. The van der Waals surface area contributed by atoms with E-state index in [-0.39, 0.29) is 0 Å². The maximum atomic E-state index is 10.5. The fraction of sp³-hybridized carbons (Fsp3) is 0.214. The van der Waals surface area contributed by atoms with Crippen LogP contribution in [0.3, 0.4) is 0 Å². The van der Waals surface area contributed by atoms with Gasteiger partial charge in [0.2, 0.25) is 0 Å². The Morgan fingerprint density at radius 2 is 2.21 bits per heavy atom. The highest BCUT2D eigenvalue weighted by Crippen LogP contribution is 2.29. The molecule has 1 aliphatic heterocycles. The second-order valence-corrected chi connectivity index (χ2v) is 4.47. The number of H-pyrrole nitrogens is 1. The highest BCUT2D eigenvalue weighted by atomic mass is 16.8. The molecule has 0 aliphatic carbocycles. The molecule has 0 spiro atoms. The minimum Gasteiger partial charge on any atom is -0.448 e. The number of fused-ring (bicyclic) bond motifs is 1. The van der Waals surface area contributed by atoms with Crippen molar-refractivity contribution in [2.45, 2.75) is 6.42 Å². The predicted molar refractivity (Wildman–Crippen MR) is 71.6 cm³/mol. The predicted octanol–water partition coefficient (Wildman–Crippen LogP) is 2.87. The molecule has 0 saturated heterocycles. The summed E-state index contributed by atoms with van der Waals surface area (Å²) in [5, 5.41) is 11.2. The van der Waals surface area contributed by atoms with Gasteiger partial charge in [-0.25, -0.2) is 4.79 Å². The van der Waals surface area contributed by atoms with Crippen molar-refractivity contribution in [3.63, 3.8) is 0 Å². The summed E-state index contributed by atoms with van der Waals surface area (Å²) in [4.78, 5) is 18.4. The summed E-state index contributed by atoms with van der Waals surface area (Å²) >= 11 is 0. The van der Waals surface area contributed by atoms with Crippen molar-refractivity contribution in [2.24, 2.45) is 0 Å². The molecule has 0 radical (unpaired) electrons. The van der Waals surface area contributed by atoms with Gasteiger partial charge in [-0.1, -0.05) is 24.3 Å². The number of aromatic nitrogens is 1. The second kappa shape index (κ2) is 4.78. The number of benzene rings is 1. The van der Waals surface area contributed by atoms with E-state index in [2.05, 4.69) is 15.9 Å². The minimum atomic E-state index is -1.26. The molecule has 0 fully saturated rings. The molecule has 98 valence electrons. The third kappa shape index (κ3) is 2.32. The molecule has 5 heteroatoms. The summed E-state index contributed by atoms with van der Waals surface area (Å²) in [6, 6.07) is 8.15. The third-order valence-electron chi connectivity index (χ3n) is 3.31. The normalized spacial score (nSPS) is 16.3. The summed E-state index contributed by atoms with van der Waals surface area (Å²) in [6.45, 7) is 1.07. The van der Waals surface area contributed by atoms with Gasteiger partial charge in [0, 0.05) is 29.2 Å². The molecule has 1 aliphatic rings. The van der Waals surface area contributed by atoms with Crippen LogP contribution in [0, 0.1) is 0 Å². The van der Waals surface area contributed by atoms with Crippen LogP contribution in [0.5, 0.6) is 0 Å². The average molecular weight is 258 g/mol. The van der Waals surface area contributed by atoms with Crippen molar-refractivity contribution in [1.82, 2.24) is 10.0 Å². The first-order valence-electron chi connectivity index (χ1n) is 6.15. The van der Waals surface area contributed by atoms with Crippen molar-refractivity contribution >= 4 is 22.6 Å². The number of hydrogen-bond donors (Lipinski definition) is 2. The van der Waals surface area contributed by atoms with Crippen molar-refractivity contribution in [1.29, 1.82) is 0 Å². The summed E-state index contributed by atoms with van der Waals surface area (Å²) < 4.78 is 0. The lowest BCUT2D eigenvalue weighted by Gasteiger charge is -2.23. The Hall–Kier alpha value is -2.27. The van der Waals surface area contributed by atoms with Gasteiger partial charge >= 0.3 is 6.16 Å². The summed E-state index contributed by atoms with van der Waals surface area (Å²) in [7, 11) is 0. The fourth-order valence-electron chi connectivity index (χ4n) is 2.43. The van der Waals surface area contributed by atoms with Crippen LogP contribution in [0.2, 0.25) is 0 Å². The van der Waals surface area contributed by atoms with Crippen molar-refractivity contribution in [2.75, 3.05) is 13.1 Å². The zero-order valence-corrected chi connectivity index (χ0v) is 10.3. The van der Waals surface area contributed by atoms with Gasteiger partial charge in [-0.15, -0.1) is 5.06 Å². The number of aromatic amines is 1. The second-order valence-electron chi connectivity index (χ2n) is 4.47.